The molecular formula is C15H17F4NO. The molecule has 1 saturated carbocycles. The number of halogens is 4. The van der Waals surface area contributed by atoms with E-state index in [-0.39, 0.29) is 6.04 Å². The zero-order valence-electron chi connectivity index (χ0n) is 11.7. The fraction of sp³-hybridized carbons (Fsp3) is 0.533. The maximum Gasteiger partial charge on any atom is 0.416 e. The molecule has 0 bridgehead atoms. The molecule has 1 aromatic rings. The van der Waals surface area contributed by atoms with Crippen LogP contribution in [0, 0.1) is 5.82 Å². The Hall–Kier alpha value is -1.59. The van der Waals surface area contributed by atoms with Crippen molar-refractivity contribution in [2.24, 2.45) is 0 Å². The summed E-state index contributed by atoms with van der Waals surface area (Å²) in [5, 5.41) is 0. The predicted octanol–water partition coefficient (Wildman–Crippen LogP) is 4.25. The van der Waals surface area contributed by atoms with Gasteiger partial charge in [0.2, 0.25) is 0 Å². The molecule has 0 aliphatic heterocycles. The quantitative estimate of drug-likeness (QED) is 0.748. The van der Waals surface area contributed by atoms with Gasteiger partial charge in [0, 0.05) is 13.1 Å². The van der Waals surface area contributed by atoms with Crippen molar-refractivity contribution in [2.45, 2.75) is 44.3 Å². The fourth-order valence-electron chi connectivity index (χ4n) is 2.69. The van der Waals surface area contributed by atoms with E-state index in [4.69, 9.17) is 0 Å². The Kier molecular flexibility index (Phi) is 4.54. The van der Waals surface area contributed by atoms with Crippen molar-refractivity contribution < 1.29 is 22.4 Å². The summed E-state index contributed by atoms with van der Waals surface area (Å²) >= 11 is 0. The van der Waals surface area contributed by atoms with E-state index in [1.165, 1.54) is 11.9 Å². The SMILES string of the molecule is CN(C(=O)c1cc(C(F)(F)F)ccc1F)C1CCCCC1. The molecule has 1 aliphatic rings. The van der Waals surface area contributed by atoms with Crippen LogP contribution in [0.1, 0.15) is 48.0 Å². The van der Waals surface area contributed by atoms with E-state index < -0.39 is 29.0 Å². The van der Waals surface area contributed by atoms with Gasteiger partial charge < -0.3 is 4.90 Å². The van der Waals surface area contributed by atoms with E-state index >= 15 is 0 Å². The Morgan fingerprint density at radius 3 is 2.38 bits per heavy atom. The number of hydrogen-bond acceptors (Lipinski definition) is 1. The van der Waals surface area contributed by atoms with Crippen LogP contribution < -0.4 is 0 Å². The Morgan fingerprint density at radius 2 is 1.81 bits per heavy atom. The second-order valence-corrected chi connectivity index (χ2v) is 5.40. The molecule has 0 aromatic heterocycles. The molecule has 116 valence electrons. The minimum Gasteiger partial charge on any atom is -0.339 e. The summed E-state index contributed by atoms with van der Waals surface area (Å²) < 4.78 is 51.7. The lowest BCUT2D eigenvalue weighted by Gasteiger charge is -2.31. The van der Waals surface area contributed by atoms with Crippen LogP contribution in [-0.4, -0.2) is 23.9 Å². The Labute approximate surface area is 120 Å². The number of hydrogen-bond donors (Lipinski definition) is 0. The third-order valence-electron chi connectivity index (χ3n) is 3.97. The third kappa shape index (κ3) is 3.54. The fourth-order valence-corrected chi connectivity index (χ4v) is 2.69. The Morgan fingerprint density at radius 1 is 1.19 bits per heavy atom. The lowest BCUT2D eigenvalue weighted by Crippen LogP contribution is -2.38. The molecule has 0 radical (unpaired) electrons. The van der Waals surface area contributed by atoms with Crippen molar-refractivity contribution >= 4 is 5.91 Å². The van der Waals surface area contributed by atoms with Gasteiger partial charge in [0.15, 0.2) is 0 Å². The standard InChI is InChI=1S/C15H17F4NO/c1-20(11-5-3-2-4-6-11)14(21)12-9-10(15(17,18)19)7-8-13(12)16/h7-9,11H,2-6H2,1H3. The molecule has 6 heteroatoms. The van der Waals surface area contributed by atoms with Crippen LogP contribution >= 0.6 is 0 Å². The van der Waals surface area contributed by atoms with Crippen molar-refractivity contribution in [3.63, 3.8) is 0 Å². The first kappa shape index (κ1) is 15.8. The van der Waals surface area contributed by atoms with Gasteiger partial charge in [0.1, 0.15) is 5.82 Å². The molecule has 0 N–H and O–H groups in total. The average molecular weight is 303 g/mol. The zero-order chi connectivity index (χ0) is 15.6. The number of carbonyl (C=O) groups is 1. The van der Waals surface area contributed by atoms with Crippen molar-refractivity contribution in [2.75, 3.05) is 7.05 Å². The van der Waals surface area contributed by atoms with Gasteiger partial charge in [-0.1, -0.05) is 19.3 Å². The topological polar surface area (TPSA) is 20.3 Å². The second kappa shape index (κ2) is 6.03. The van der Waals surface area contributed by atoms with E-state index in [1.807, 2.05) is 0 Å². The van der Waals surface area contributed by atoms with Crippen LogP contribution in [0.3, 0.4) is 0 Å². The van der Waals surface area contributed by atoms with Crippen LogP contribution in [0.2, 0.25) is 0 Å². The molecule has 2 nitrogen and oxygen atoms in total. The summed E-state index contributed by atoms with van der Waals surface area (Å²) in [6, 6.07) is 1.91. The van der Waals surface area contributed by atoms with Crippen LogP contribution in [0.25, 0.3) is 0 Å². The van der Waals surface area contributed by atoms with Gasteiger partial charge in [-0.15, -0.1) is 0 Å². The summed E-state index contributed by atoms with van der Waals surface area (Å²) in [7, 11) is 1.53. The van der Waals surface area contributed by atoms with E-state index in [2.05, 4.69) is 0 Å². The van der Waals surface area contributed by atoms with E-state index in [0.29, 0.717) is 18.2 Å². The highest BCUT2D eigenvalue weighted by atomic mass is 19.4. The van der Waals surface area contributed by atoms with Gasteiger partial charge in [0.05, 0.1) is 11.1 Å². The molecule has 2 rings (SSSR count). The summed E-state index contributed by atoms with van der Waals surface area (Å²) in [6.45, 7) is 0. The minimum atomic E-state index is -4.59. The molecule has 1 amide bonds. The number of alkyl halides is 3. The first-order valence-corrected chi connectivity index (χ1v) is 6.94. The van der Waals surface area contributed by atoms with Crippen molar-refractivity contribution in [1.82, 2.24) is 4.90 Å². The number of amides is 1. The summed E-state index contributed by atoms with van der Waals surface area (Å²) in [4.78, 5) is 13.6. The molecule has 21 heavy (non-hydrogen) atoms. The molecule has 1 fully saturated rings. The predicted molar refractivity (Wildman–Crippen MR) is 70.4 cm³/mol. The lowest BCUT2D eigenvalue weighted by molar-refractivity contribution is -0.137. The first-order chi connectivity index (χ1) is 9.80. The molecule has 0 spiro atoms. The van der Waals surface area contributed by atoms with E-state index in [9.17, 15) is 22.4 Å². The molecule has 1 aliphatic carbocycles. The summed E-state index contributed by atoms with van der Waals surface area (Å²) in [5.41, 5.74) is -1.53. The first-order valence-electron chi connectivity index (χ1n) is 6.94. The number of carbonyl (C=O) groups excluding carboxylic acids is 1. The van der Waals surface area contributed by atoms with Crippen molar-refractivity contribution in [3.8, 4) is 0 Å². The van der Waals surface area contributed by atoms with Crippen molar-refractivity contribution in [1.29, 1.82) is 0 Å². The zero-order valence-corrected chi connectivity index (χ0v) is 11.7. The average Bonchev–Trinajstić information content (AvgIpc) is 2.46. The van der Waals surface area contributed by atoms with Crippen LogP contribution in [-0.2, 0) is 6.18 Å². The number of nitrogens with zero attached hydrogens (tertiary/aromatic N) is 1. The van der Waals surface area contributed by atoms with E-state index in [1.54, 1.807) is 0 Å². The second-order valence-electron chi connectivity index (χ2n) is 5.40. The molecule has 0 heterocycles. The highest BCUT2D eigenvalue weighted by Crippen LogP contribution is 2.31. The molecular weight excluding hydrogens is 286 g/mol. The van der Waals surface area contributed by atoms with Gasteiger partial charge in [-0.05, 0) is 31.0 Å². The minimum absolute atomic E-state index is 0.0276. The van der Waals surface area contributed by atoms with Gasteiger partial charge in [-0.3, -0.25) is 4.79 Å². The number of benzene rings is 1. The maximum atomic E-state index is 13.7. The summed E-state index contributed by atoms with van der Waals surface area (Å²) in [6.07, 6.45) is 0.0783. The molecule has 0 atom stereocenters. The third-order valence-corrected chi connectivity index (χ3v) is 3.97. The summed E-state index contributed by atoms with van der Waals surface area (Å²) in [5.74, 6) is -1.61. The molecule has 1 aromatic carbocycles. The highest BCUT2D eigenvalue weighted by Gasteiger charge is 2.33. The molecule has 0 saturated heterocycles. The molecule has 0 unspecified atom stereocenters. The van der Waals surface area contributed by atoms with Gasteiger partial charge in [-0.25, -0.2) is 4.39 Å². The van der Waals surface area contributed by atoms with E-state index in [0.717, 1.165) is 32.1 Å². The Bertz CT molecular complexity index is 521. The highest BCUT2D eigenvalue weighted by molar-refractivity contribution is 5.94. The van der Waals surface area contributed by atoms with Crippen LogP contribution in [0.5, 0.6) is 0 Å². The maximum absolute atomic E-state index is 13.7. The van der Waals surface area contributed by atoms with Gasteiger partial charge in [-0.2, -0.15) is 13.2 Å². The normalized spacial score (nSPS) is 16.8. The largest absolute Gasteiger partial charge is 0.416 e. The van der Waals surface area contributed by atoms with Crippen molar-refractivity contribution in [3.05, 3.63) is 35.1 Å². The van der Waals surface area contributed by atoms with Gasteiger partial charge >= 0.3 is 6.18 Å². The van der Waals surface area contributed by atoms with Gasteiger partial charge in [0.25, 0.3) is 5.91 Å². The monoisotopic (exact) mass is 303 g/mol. The van der Waals surface area contributed by atoms with Crippen LogP contribution in [0.4, 0.5) is 17.6 Å². The number of rotatable bonds is 2. The van der Waals surface area contributed by atoms with Crippen LogP contribution in [0.15, 0.2) is 18.2 Å². The Balaban J connectivity index is 2.25. The lowest BCUT2D eigenvalue weighted by atomic mass is 9.94. The smallest absolute Gasteiger partial charge is 0.339 e.